The minimum atomic E-state index is -1.11. The Morgan fingerprint density at radius 2 is 0.922 bits per heavy atom. The van der Waals surface area contributed by atoms with E-state index in [9.17, 15) is 48.3 Å². The van der Waals surface area contributed by atoms with Crippen LogP contribution >= 0.6 is 0 Å². The SMILES string of the molecule is CC(C)[C@H](N)C(=O)NCC(=O)N1CCC[C@H]1C(=O)N[C@@H](C)C(=O)NCC(=O)N1CCC[C@H]1C(=O)N[C@@H](C)C(=O)NCC(=O)N1CCC[C@H]1C(=O)O. The van der Waals surface area contributed by atoms with E-state index in [0.29, 0.717) is 45.1 Å². The van der Waals surface area contributed by atoms with Crippen LogP contribution in [0.4, 0.5) is 0 Å². The molecule has 51 heavy (non-hydrogen) atoms. The van der Waals surface area contributed by atoms with Gasteiger partial charge in [0.25, 0.3) is 0 Å². The van der Waals surface area contributed by atoms with Crippen molar-refractivity contribution in [2.45, 2.75) is 102 Å². The lowest BCUT2D eigenvalue weighted by molar-refractivity contribution is -0.148. The fraction of sp³-hybridized carbons (Fsp3) is 0.719. The number of nitrogens with zero attached hydrogens (tertiary/aromatic N) is 3. The summed E-state index contributed by atoms with van der Waals surface area (Å²) < 4.78 is 0. The van der Waals surface area contributed by atoms with Crippen LogP contribution in [0.15, 0.2) is 0 Å². The summed E-state index contributed by atoms with van der Waals surface area (Å²) in [5.74, 6) is -5.73. The molecule has 3 heterocycles. The van der Waals surface area contributed by atoms with Gasteiger partial charge in [-0.05, 0) is 58.3 Å². The lowest BCUT2D eigenvalue weighted by Crippen LogP contribution is -2.55. The lowest BCUT2D eigenvalue weighted by Gasteiger charge is -2.27. The van der Waals surface area contributed by atoms with Gasteiger partial charge in [-0.15, -0.1) is 0 Å². The number of nitrogens with one attached hydrogen (secondary N) is 5. The molecule has 3 fully saturated rings. The van der Waals surface area contributed by atoms with Gasteiger partial charge in [-0.25, -0.2) is 4.79 Å². The summed E-state index contributed by atoms with van der Waals surface area (Å²) in [6, 6.07) is -5.58. The maximum atomic E-state index is 13.0. The molecular weight excluding hydrogens is 670 g/mol. The molecule has 0 aromatic heterocycles. The molecule has 3 aliphatic heterocycles. The molecule has 0 unspecified atom stereocenters. The van der Waals surface area contributed by atoms with Crippen LogP contribution in [-0.4, -0.2) is 149 Å². The van der Waals surface area contributed by atoms with Crippen molar-refractivity contribution in [3.05, 3.63) is 0 Å². The van der Waals surface area contributed by atoms with E-state index in [4.69, 9.17) is 5.73 Å². The Morgan fingerprint density at radius 1 is 0.588 bits per heavy atom. The van der Waals surface area contributed by atoms with Gasteiger partial charge in [0.15, 0.2) is 0 Å². The fourth-order valence-electron chi connectivity index (χ4n) is 6.27. The number of carbonyl (C=O) groups is 9. The average Bonchev–Trinajstić information content (AvgIpc) is 3.88. The second-order valence-corrected chi connectivity index (χ2v) is 13.5. The molecule has 3 aliphatic rings. The van der Waals surface area contributed by atoms with Crippen LogP contribution in [0.25, 0.3) is 0 Å². The maximum Gasteiger partial charge on any atom is 0.326 e. The number of hydrogen-bond donors (Lipinski definition) is 7. The van der Waals surface area contributed by atoms with Gasteiger partial charge in [0.1, 0.15) is 30.2 Å². The van der Waals surface area contributed by atoms with Crippen molar-refractivity contribution < 1.29 is 48.3 Å². The van der Waals surface area contributed by atoms with Crippen molar-refractivity contribution >= 4 is 53.2 Å². The first-order chi connectivity index (χ1) is 24.0. The van der Waals surface area contributed by atoms with Crippen molar-refractivity contribution in [2.75, 3.05) is 39.3 Å². The third kappa shape index (κ3) is 10.8. The number of aliphatic carboxylic acids is 1. The Labute approximate surface area is 296 Å². The minimum absolute atomic E-state index is 0.123. The molecule has 284 valence electrons. The molecular formula is C32H51N9O10. The third-order valence-electron chi connectivity index (χ3n) is 9.38. The van der Waals surface area contributed by atoms with Crippen LogP contribution < -0.4 is 32.3 Å². The van der Waals surface area contributed by atoms with E-state index >= 15 is 0 Å². The van der Waals surface area contributed by atoms with Gasteiger partial charge in [0.05, 0.1) is 25.7 Å². The first-order valence-corrected chi connectivity index (χ1v) is 17.3. The van der Waals surface area contributed by atoms with Crippen molar-refractivity contribution in [3.63, 3.8) is 0 Å². The summed E-state index contributed by atoms with van der Waals surface area (Å²) in [6.07, 6.45) is 2.62. The highest BCUT2D eigenvalue weighted by atomic mass is 16.4. The largest absolute Gasteiger partial charge is 0.480 e. The summed E-state index contributed by atoms with van der Waals surface area (Å²) in [5.41, 5.74) is 5.81. The van der Waals surface area contributed by atoms with Crippen LogP contribution in [0.2, 0.25) is 0 Å². The normalized spacial score (nSPS) is 21.8. The first kappa shape index (κ1) is 40.6. The predicted molar refractivity (Wildman–Crippen MR) is 179 cm³/mol. The van der Waals surface area contributed by atoms with Crippen molar-refractivity contribution in [1.29, 1.82) is 0 Å². The number of amides is 8. The van der Waals surface area contributed by atoms with Crippen LogP contribution in [0.1, 0.15) is 66.2 Å². The molecule has 0 bridgehead atoms. The highest BCUT2D eigenvalue weighted by Crippen LogP contribution is 2.19. The zero-order chi connectivity index (χ0) is 38.0. The Hall–Kier alpha value is -4.81. The highest BCUT2D eigenvalue weighted by molar-refractivity contribution is 5.96. The zero-order valence-electron chi connectivity index (χ0n) is 29.6. The number of likely N-dealkylation sites (tertiary alicyclic amines) is 3. The van der Waals surface area contributed by atoms with Gasteiger partial charge in [0.2, 0.25) is 47.3 Å². The Kier molecular flexibility index (Phi) is 14.7. The van der Waals surface area contributed by atoms with Crippen molar-refractivity contribution in [1.82, 2.24) is 41.3 Å². The Morgan fingerprint density at radius 3 is 1.27 bits per heavy atom. The molecule has 19 heteroatoms. The molecule has 0 aromatic carbocycles. The van der Waals surface area contributed by atoms with E-state index in [-0.39, 0.29) is 25.6 Å². The molecule has 8 N–H and O–H groups in total. The molecule has 0 saturated carbocycles. The Bertz CT molecular complexity index is 1370. The minimum Gasteiger partial charge on any atom is -0.480 e. The Balaban J connectivity index is 1.42. The van der Waals surface area contributed by atoms with Gasteiger partial charge >= 0.3 is 5.97 Å². The van der Waals surface area contributed by atoms with Crippen LogP contribution in [0, 0.1) is 5.92 Å². The summed E-state index contributed by atoms with van der Waals surface area (Å²) in [7, 11) is 0. The average molecular weight is 722 g/mol. The van der Waals surface area contributed by atoms with Gasteiger partial charge in [0, 0.05) is 19.6 Å². The number of carboxylic acid groups (broad SMARTS) is 1. The molecule has 3 rings (SSSR count). The monoisotopic (exact) mass is 721 g/mol. The van der Waals surface area contributed by atoms with E-state index in [1.54, 1.807) is 13.8 Å². The standard InChI is InChI=1S/C32H51N9O10/c1-17(2)26(33)31(49)36-16-24(43)40-12-6-9-21(40)30(48)37-18(3)27(45)34-14-23(42)39-11-5-8-20(39)29(47)38-19(4)28(46)35-15-25(44)41-13-7-10-22(41)32(50)51/h17-22,26H,5-16,33H2,1-4H3,(H,34,45)(H,35,46)(H,36,49)(H,37,48)(H,38,47)(H,50,51)/t18-,19-,20-,21-,22-,26-/m0/s1. The number of carbonyl (C=O) groups excluding carboxylic acids is 8. The van der Waals surface area contributed by atoms with Gasteiger partial charge < -0.3 is 52.1 Å². The summed E-state index contributed by atoms with van der Waals surface area (Å²) >= 11 is 0. The van der Waals surface area contributed by atoms with E-state index < -0.39 is 103 Å². The van der Waals surface area contributed by atoms with E-state index in [1.807, 2.05) is 0 Å². The lowest BCUT2D eigenvalue weighted by atomic mass is 10.1. The first-order valence-electron chi connectivity index (χ1n) is 17.3. The molecule has 3 saturated heterocycles. The topological polar surface area (TPSA) is 270 Å². The number of nitrogens with two attached hydrogens (primary N) is 1. The maximum absolute atomic E-state index is 13.0. The van der Waals surface area contributed by atoms with Crippen LogP contribution in [0.3, 0.4) is 0 Å². The smallest absolute Gasteiger partial charge is 0.326 e. The highest BCUT2D eigenvalue weighted by Gasteiger charge is 2.38. The molecule has 0 aliphatic carbocycles. The van der Waals surface area contributed by atoms with Gasteiger partial charge in [-0.1, -0.05) is 13.8 Å². The van der Waals surface area contributed by atoms with Gasteiger partial charge in [-0.3, -0.25) is 38.4 Å². The van der Waals surface area contributed by atoms with E-state index in [2.05, 4.69) is 26.6 Å². The number of rotatable bonds is 15. The fourth-order valence-corrected chi connectivity index (χ4v) is 6.27. The van der Waals surface area contributed by atoms with Gasteiger partial charge in [-0.2, -0.15) is 0 Å². The molecule has 0 spiro atoms. The third-order valence-corrected chi connectivity index (χ3v) is 9.38. The predicted octanol–water partition coefficient (Wildman–Crippen LogP) is -3.61. The number of carboxylic acids is 1. The van der Waals surface area contributed by atoms with Crippen LogP contribution in [-0.2, 0) is 43.2 Å². The molecule has 19 nitrogen and oxygen atoms in total. The van der Waals surface area contributed by atoms with E-state index in [1.165, 1.54) is 28.5 Å². The summed E-state index contributed by atoms with van der Waals surface area (Å²) in [4.78, 5) is 117. The van der Waals surface area contributed by atoms with Crippen molar-refractivity contribution in [3.8, 4) is 0 Å². The molecule has 0 aromatic rings. The second-order valence-electron chi connectivity index (χ2n) is 13.5. The molecule has 0 radical (unpaired) electrons. The number of hydrogen-bond acceptors (Lipinski definition) is 10. The summed E-state index contributed by atoms with van der Waals surface area (Å²) in [5, 5.41) is 21.8. The van der Waals surface area contributed by atoms with E-state index in [0.717, 1.165) is 0 Å². The van der Waals surface area contributed by atoms with Crippen LogP contribution in [0.5, 0.6) is 0 Å². The summed E-state index contributed by atoms with van der Waals surface area (Å²) in [6.45, 7) is 6.00. The molecule has 8 amide bonds. The van der Waals surface area contributed by atoms with Crippen molar-refractivity contribution in [2.24, 2.45) is 11.7 Å². The zero-order valence-corrected chi connectivity index (χ0v) is 29.6. The second kappa shape index (κ2) is 18.4. The quantitative estimate of drug-likeness (QED) is 0.0868. The molecule has 6 atom stereocenters.